The minimum Gasteiger partial charge on any atom is -0.456 e. The molecule has 0 aromatic carbocycles. The highest BCUT2D eigenvalue weighted by Gasteiger charge is 2.22. The largest absolute Gasteiger partial charge is 0.456 e. The van der Waals surface area contributed by atoms with Gasteiger partial charge in [-0.15, -0.1) is 0 Å². The SMILES string of the molecule is [2H]C([2H])=C(F)C(=O)OC([2H])([2H])C(Cl)(Cl)Cl. The van der Waals surface area contributed by atoms with E-state index in [9.17, 15) is 9.18 Å². The van der Waals surface area contributed by atoms with Gasteiger partial charge in [0.05, 0.1) is 5.48 Å². The zero-order valence-corrected chi connectivity index (χ0v) is 7.10. The number of rotatable bonds is 2. The average molecular weight is 225 g/mol. The number of halogens is 4. The summed E-state index contributed by atoms with van der Waals surface area (Å²) in [6, 6.07) is 0. The van der Waals surface area contributed by atoms with Gasteiger partial charge in [0.25, 0.3) is 0 Å². The third kappa shape index (κ3) is 6.41. The number of carbonyl (C=O) groups is 1. The zero-order valence-electron chi connectivity index (χ0n) is 8.83. The van der Waals surface area contributed by atoms with Crippen LogP contribution < -0.4 is 0 Å². The van der Waals surface area contributed by atoms with E-state index in [0.717, 1.165) is 0 Å². The number of hydrogen-bond donors (Lipinski definition) is 0. The molecule has 0 aliphatic carbocycles. The average Bonchev–Trinajstić information content (AvgIpc) is 1.99. The highest BCUT2D eigenvalue weighted by Crippen LogP contribution is 2.26. The van der Waals surface area contributed by atoms with Gasteiger partial charge in [0, 0.05) is 0 Å². The van der Waals surface area contributed by atoms with Crippen LogP contribution in [0, 0.1) is 0 Å². The van der Waals surface area contributed by atoms with Gasteiger partial charge in [-0.3, -0.25) is 0 Å². The molecule has 0 aliphatic heterocycles. The van der Waals surface area contributed by atoms with Crippen LogP contribution in [-0.4, -0.2) is 16.3 Å². The van der Waals surface area contributed by atoms with Crippen molar-refractivity contribution >= 4 is 40.8 Å². The van der Waals surface area contributed by atoms with E-state index in [1.807, 2.05) is 0 Å². The highest BCUT2D eigenvalue weighted by atomic mass is 35.6. The van der Waals surface area contributed by atoms with E-state index in [-0.39, 0.29) is 0 Å². The minimum atomic E-state index is -3.07. The first-order chi connectivity index (χ1) is 6.49. The second kappa shape index (κ2) is 4.14. The summed E-state index contributed by atoms with van der Waals surface area (Å²) in [4.78, 5) is 10.7. The van der Waals surface area contributed by atoms with Gasteiger partial charge in [-0.2, -0.15) is 4.39 Å². The van der Waals surface area contributed by atoms with Crippen molar-refractivity contribution in [3.63, 3.8) is 0 Å². The van der Waals surface area contributed by atoms with E-state index >= 15 is 0 Å². The van der Waals surface area contributed by atoms with E-state index in [1.54, 1.807) is 0 Å². The van der Waals surface area contributed by atoms with Crippen molar-refractivity contribution < 1.29 is 19.4 Å². The summed E-state index contributed by atoms with van der Waals surface area (Å²) in [6.45, 7) is -4.53. The molecular weight excluding hydrogens is 217 g/mol. The van der Waals surface area contributed by atoms with Crippen molar-refractivity contribution in [2.24, 2.45) is 0 Å². The van der Waals surface area contributed by atoms with E-state index in [0.29, 0.717) is 0 Å². The van der Waals surface area contributed by atoms with Crippen molar-refractivity contribution in [2.75, 3.05) is 6.56 Å². The van der Waals surface area contributed by atoms with E-state index in [2.05, 4.69) is 4.74 Å². The smallest absolute Gasteiger partial charge is 0.366 e. The van der Waals surface area contributed by atoms with Gasteiger partial charge in [0.15, 0.2) is 0 Å². The molecule has 6 heteroatoms. The Morgan fingerprint density at radius 3 is 2.73 bits per heavy atom. The van der Waals surface area contributed by atoms with E-state index < -0.39 is 28.7 Å². The fourth-order valence-electron chi connectivity index (χ4n) is 0.149. The van der Waals surface area contributed by atoms with Crippen molar-refractivity contribution in [1.82, 2.24) is 0 Å². The first kappa shape index (κ1) is 5.62. The van der Waals surface area contributed by atoms with Crippen LogP contribution in [-0.2, 0) is 9.53 Å². The number of hydrogen-bond acceptors (Lipinski definition) is 2. The molecule has 0 aliphatic rings. The fourth-order valence-corrected chi connectivity index (χ4v) is 0.265. The van der Waals surface area contributed by atoms with Crippen molar-refractivity contribution in [3.05, 3.63) is 12.4 Å². The molecule has 0 aromatic rings. The van der Waals surface area contributed by atoms with Crippen LogP contribution in [0.3, 0.4) is 0 Å². The summed E-state index contributed by atoms with van der Waals surface area (Å²) in [5.74, 6) is -3.76. The van der Waals surface area contributed by atoms with Crippen molar-refractivity contribution in [3.8, 4) is 0 Å². The number of esters is 1. The maximum absolute atomic E-state index is 12.6. The molecule has 2 nitrogen and oxygen atoms in total. The molecule has 0 fully saturated rings. The maximum atomic E-state index is 12.6. The maximum Gasteiger partial charge on any atom is 0.366 e. The number of ether oxygens (including phenoxy) is 1. The Hall–Kier alpha value is 0.01000. The monoisotopic (exact) mass is 224 g/mol. The molecule has 0 aromatic heterocycles. The molecule has 0 heterocycles. The molecule has 0 rings (SSSR count). The molecule has 0 bridgehead atoms. The zero-order chi connectivity index (χ0) is 12.4. The van der Waals surface area contributed by atoms with Gasteiger partial charge in [0.1, 0.15) is 6.56 Å². The quantitative estimate of drug-likeness (QED) is 0.410. The second-order valence-corrected chi connectivity index (χ2v) is 3.58. The molecule has 0 unspecified atom stereocenters. The van der Waals surface area contributed by atoms with E-state index in [4.69, 9.17) is 40.3 Å². The van der Waals surface area contributed by atoms with E-state index in [1.165, 1.54) is 0 Å². The molecule has 0 amide bonds. The molecular formula is C5H4Cl3FO2. The van der Waals surface area contributed by atoms with Gasteiger partial charge in [-0.1, -0.05) is 41.3 Å². The molecule has 0 saturated heterocycles. The van der Waals surface area contributed by atoms with Gasteiger partial charge in [-0.25, -0.2) is 4.79 Å². The van der Waals surface area contributed by atoms with Gasteiger partial charge < -0.3 is 4.74 Å². The highest BCUT2D eigenvalue weighted by molar-refractivity contribution is 6.67. The summed E-state index contributed by atoms with van der Waals surface area (Å²) in [5.41, 5.74) is 0. The Morgan fingerprint density at radius 2 is 2.36 bits per heavy atom. The summed E-state index contributed by atoms with van der Waals surface area (Å²) >= 11 is 15.3. The van der Waals surface area contributed by atoms with Gasteiger partial charge in [0.2, 0.25) is 9.62 Å². The topological polar surface area (TPSA) is 26.3 Å². The van der Waals surface area contributed by atoms with Crippen LogP contribution >= 0.6 is 34.8 Å². The van der Waals surface area contributed by atoms with Crippen LogP contribution in [0.25, 0.3) is 0 Å². The normalized spacial score (nSPS) is 17.1. The lowest BCUT2D eigenvalue weighted by Gasteiger charge is -2.09. The first-order valence-electron chi connectivity index (χ1n) is 4.12. The van der Waals surface area contributed by atoms with Crippen LogP contribution in [0.4, 0.5) is 4.39 Å². The molecule has 0 spiro atoms. The van der Waals surface area contributed by atoms with Crippen molar-refractivity contribution in [1.29, 1.82) is 0 Å². The molecule has 0 saturated carbocycles. The predicted octanol–water partition coefficient (Wildman–Crippen LogP) is 2.38. The van der Waals surface area contributed by atoms with Crippen LogP contribution in [0.2, 0.25) is 0 Å². The van der Waals surface area contributed by atoms with Crippen molar-refractivity contribution in [2.45, 2.75) is 3.79 Å². The summed E-state index contributed by atoms with van der Waals surface area (Å²) < 4.78 is 40.6. The lowest BCUT2D eigenvalue weighted by atomic mass is 10.6. The molecule has 64 valence electrons. The lowest BCUT2D eigenvalue weighted by molar-refractivity contribution is -0.140. The Morgan fingerprint density at radius 1 is 1.82 bits per heavy atom. The Kier molecular flexibility index (Phi) is 2.12. The van der Waals surface area contributed by atoms with Crippen LogP contribution in [0.5, 0.6) is 0 Å². The molecule has 11 heavy (non-hydrogen) atoms. The molecule has 0 radical (unpaired) electrons. The Balaban J connectivity index is 4.78. The third-order valence-electron chi connectivity index (χ3n) is 0.439. The second-order valence-electron chi connectivity index (χ2n) is 1.30. The standard InChI is InChI=1S/C5H4Cl3FO2/c1-3(9)4(10)11-2-5(6,7)8/h1-2H2/i1D2,2D2. The fraction of sp³-hybridized carbons (Fsp3) is 0.400. The molecule has 0 atom stereocenters. The lowest BCUT2D eigenvalue weighted by Crippen LogP contribution is -2.17. The summed E-state index contributed by atoms with van der Waals surface area (Å²) in [5, 5.41) is 0. The third-order valence-corrected chi connectivity index (χ3v) is 0.670. The van der Waals surface area contributed by atoms with Gasteiger partial charge in [-0.05, 0) is 0 Å². The summed E-state index contributed by atoms with van der Waals surface area (Å²) in [7, 11) is 0. The Bertz CT molecular complexity index is 297. The van der Waals surface area contributed by atoms with Crippen LogP contribution in [0.1, 0.15) is 5.48 Å². The molecule has 0 N–H and O–H groups in total. The van der Waals surface area contributed by atoms with Gasteiger partial charge >= 0.3 is 5.97 Å². The number of carbonyl (C=O) groups excluding carboxylic acids is 1. The summed E-state index contributed by atoms with van der Waals surface area (Å²) in [6.07, 6.45) is 0. The van der Waals surface area contributed by atoms with Crippen LogP contribution in [0.15, 0.2) is 12.4 Å². The first-order valence-corrected chi connectivity index (χ1v) is 3.25. The number of alkyl halides is 3. The predicted molar refractivity (Wildman–Crippen MR) is 41.5 cm³/mol. The minimum absolute atomic E-state index is 1.46. The Labute approximate surface area is 83.5 Å².